The Kier molecular flexibility index (Phi) is 7.29. The van der Waals surface area contributed by atoms with Crippen molar-refractivity contribution in [1.29, 1.82) is 0 Å². The molecule has 180 valence electrons. The first-order valence-corrected chi connectivity index (χ1v) is 16.1. The van der Waals surface area contributed by atoms with Crippen molar-refractivity contribution in [2.45, 2.75) is 62.2 Å². The number of methoxy groups -OCH3 is 1. The molecule has 1 aromatic carbocycles. The van der Waals surface area contributed by atoms with Crippen LogP contribution in [0.3, 0.4) is 0 Å². The van der Waals surface area contributed by atoms with Gasteiger partial charge in [-0.25, -0.2) is 8.42 Å². The topological polar surface area (TPSA) is 72.9 Å². The molecule has 0 radical (unpaired) electrons. The molecule has 0 fully saturated rings. The highest BCUT2D eigenvalue weighted by Gasteiger charge is 2.48. The highest BCUT2D eigenvalue weighted by atomic mass is 32.2. The van der Waals surface area contributed by atoms with E-state index in [1.54, 1.807) is 29.5 Å². The van der Waals surface area contributed by atoms with Crippen LogP contribution < -0.4 is 4.74 Å². The molecular weight excluding hydrogens is 474 g/mol. The quantitative estimate of drug-likeness (QED) is 0.397. The summed E-state index contributed by atoms with van der Waals surface area (Å²) in [4.78, 5) is 14.9. The van der Waals surface area contributed by atoms with Gasteiger partial charge in [0.25, 0.3) is 8.32 Å². The second-order valence-electron chi connectivity index (χ2n) is 9.73. The third-order valence-electron chi connectivity index (χ3n) is 6.67. The van der Waals surface area contributed by atoms with E-state index >= 15 is 0 Å². The second-order valence-corrected chi connectivity index (χ2v) is 17.3. The van der Waals surface area contributed by atoms with E-state index in [-0.39, 0.29) is 16.5 Å². The molecule has 3 rings (SSSR count). The van der Waals surface area contributed by atoms with Crippen LogP contribution in [-0.4, -0.2) is 46.7 Å². The molecule has 2 heterocycles. The SMILES string of the molecule is C=C[C@H]1c2ccsc2CCN(S(=O)(=O)c2ccc(OC)cc2)[C@H]1C(=O)O[Si](C)(C)C(C)(C)C. The maximum absolute atomic E-state index is 13.8. The zero-order valence-electron chi connectivity index (χ0n) is 20.1. The lowest BCUT2D eigenvalue weighted by atomic mass is 9.93. The number of thiophene rings is 1. The van der Waals surface area contributed by atoms with Crippen LogP contribution in [0.5, 0.6) is 5.75 Å². The molecule has 0 bridgehead atoms. The molecule has 9 heteroatoms. The van der Waals surface area contributed by atoms with Gasteiger partial charge >= 0.3 is 5.97 Å². The fraction of sp³-hybridized carbons (Fsp3) is 0.458. The number of ether oxygens (including phenoxy) is 1. The summed E-state index contributed by atoms with van der Waals surface area (Å²) in [6, 6.07) is 7.16. The zero-order valence-corrected chi connectivity index (χ0v) is 22.8. The minimum absolute atomic E-state index is 0.112. The van der Waals surface area contributed by atoms with Crippen LogP contribution >= 0.6 is 11.3 Å². The Balaban J connectivity index is 2.10. The van der Waals surface area contributed by atoms with Crippen molar-refractivity contribution in [1.82, 2.24) is 4.31 Å². The number of rotatable bonds is 6. The molecule has 1 aliphatic rings. The fourth-order valence-corrected chi connectivity index (χ4v) is 7.15. The van der Waals surface area contributed by atoms with Crippen molar-refractivity contribution in [3.63, 3.8) is 0 Å². The van der Waals surface area contributed by atoms with E-state index in [2.05, 4.69) is 6.58 Å². The smallest absolute Gasteiger partial charge is 0.312 e. The van der Waals surface area contributed by atoms with E-state index in [9.17, 15) is 13.2 Å². The van der Waals surface area contributed by atoms with E-state index < -0.39 is 36.3 Å². The number of fused-ring (bicyclic) bond motifs is 1. The van der Waals surface area contributed by atoms with Gasteiger partial charge in [-0.1, -0.05) is 26.8 Å². The van der Waals surface area contributed by atoms with Gasteiger partial charge in [0.2, 0.25) is 10.0 Å². The molecule has 2 aromatic rings. The first-order valence-electron chi connectivity index (χ1n) is 10.9. The molecule has 1 aliphatic heterocycles. The maximum atomic E-state index is 13.8. The third kappa shape index (κ3) is 4.96. The number of sulfonamides is 1. The average Bonchev–Trinajstić information content (AvgIpc) is 3.13. The standard InChI is InChI=1S/C24H33NO5S2Si/c1-8-19-20-14-16-31-21(20)13-15-25(22(19)23(26)30-33(6,7)24(2,3)4)32(27,28)18-11-9-17(29-5)10-12-18/h8-12,14,16,19,22H,1,13,15H2,2-7H3/t19-,22+/m0/s1. The van der Waals surface area contributed by atoms with Gasteiger partial charge in [-0.3, -0.25) is 4.79 Å². The monoisotopic (exact) mass is 507 g/mol. The van der Waals surface area contributed by atoms with Crippen molar-refractivity contribution in [2.24, 2.45) is 0 Å². The molecule has 0 amide bonds. The summed E-state index contributed by atoms with van der Waals surface area (Å²) in [5.74, 6) is -0.452. The number of benzene rings is 1. The summed E-state index contributed by atoms with van der Waals surface area (Å²) in [6.45, 7) is 14.3. The van der Waals surface area contributed by atoms with Gasteiger partial charge in [-0.15, -0.1) is 17.9 Å². The highest BCUT2D eigenvalue weighted by Crippen LogP contribution is 2.41. The number of carbonyl (C=O) groups is 1. The van der Waals surface area contributed by atoms with Crippen LogP contribution in [0, 0.1) is 0 Å². The Bertz CT molecular complexity index is 1120. The van der Waals surface area contributed by atoms with Crippen LogP contribution in [-0.2, 0) is 25.7 Å². The van der Waals surface area contributed by atoms with Gasteiger partial charge in [0, 0.05) is 17.3 Å². The molecule has 0 unspecified atom stereocenters. The first-order chi connectivity index (χ1) is 15.3. The van der Waals surface area contributed by atoms with Crippen LogP contribution in [0.25, 0.3) is 0 Å². The van der Waals surface area contributed by atoms with Gasteiger partial charge in [0.15, 0.2) is 0 Å². The fourth-order valence-electron chi connectivity index (χ4n) is 3.69. The van der Waals surface area contributed by atoms with E-state index in [0.29, 0.717) is 12.2 Å². The van der Waals surface area contributed by atoms with Crippen LogP contribution in [0.1, 0.15) is 37.1 Å². The average molecular weight is 508 g/mol. The van der Waals surface area contributed by atoms with E-state index in [0.717, 1.165) is 10.4 Å². The van der Waals surface area contributed by atoms with Gasteiger partial charge in [0.1, 0.15) is 11.8 Å². The Morgan fingerprint density at radius 1 is 1.21 bits per heavy atom. The molecule has 0 spiro atoms. The second kappa shape index (κ2) is 9.36. The summed E-state index contributed by atoms with van der Waals surface area (Å²) in [6.07, 6.45) is 2.20. The van der Waals surface area contributed by atoms with Crippen LogP contribution in [0.15, 0.2) is 53.3 Å². The summed E-state index contributed by atoms with van der Waals surface area (Å²) in [7, 11) is -4.94. The van der Waals surface area contributed by atoms with E-state index in [1.165, 1.54) is 23.5 Å². The molecule has 0 aliphatic carbocycles. The van der Waals surface area contributed by atoms with Gasteiger partial charge in [-0.05, 0) is 65.8 Å². The van der Waals surface area contributed by atoms with Crippen molar-refractivity contribution < 1.29 is 22.4 Å². The summed E-state index contributed by atoms with van der Waals surface area (Å²) < 4.78 is 40.2. The minimum atomic E-state index is -3.99. The molecule has 0 saturated carbocycles. The Labute approximate surface area is 202 Å². The highest BCUT2D eigenvalue weighted by molar-refractivity contribution is 7.89. The largest absolute Gasteiger partial charge is 0.518 e. The zero-order chi connectivity index (χ0) is 24.6. The molecule has 6 nitrogen and oxygen atoms in total. The van der Waals surface area contributed by atoms with Crippen molar-refractivity contribution in [3.05, 3.63) is 58.8 Å². The van der Waals surface area contributed by atoms with Crippen molar-refractivity contribution >= 4 is 35.6 Å². The predicted molar refractivity (Wildman–Crippen MR) is 135 cm³/mol. The molecule has 1 aromatic heterocycles. The maximum Gasteiger partial charge on any atom is 0.312 e. The van der Waals surface area contributed by atoms with Gasteiger partial charge < -0.3 is 9.16 Å². The van der Waals surface area contributed by atoms with Crippen LogP contribution in [0.2, 0.25) is 18.1 Å². The Hall–Kier alpha value is -1.94. The lowest BCUT2D eigenvalue weighted by Crippen LogP contribution is -2.52. The van der Waals surface area contributed by atoms with Crippen LogP contribution in [0.4, 0.5) is 0 Å². The normalized spacial score (nSPS) is 19.9. The van der Waals surface area contributed by atoms with Crippen molar-refractivity contribution in [3.8, 4) is 5.75 Å². The van der Waals surface area contributed by atoms with E-state index in [1.807, 2.05) is 45.3 Å². The summed E-state index contributed by atoms with van der Waals surface area (Å²) >= 11 is 1.57. The number of nitrogens with zero attached hydrogens (tertiary/aromatic N) is 1. The molecular formula is C24H33NO5S2Si. The summed E-state index contributed by atoms with van der Waals surface area (Å²) in [5, 5.41) is 1.77. The van der Waals surface area contributed by atoms with Gasteiger partial charge in [0.05, 0.1) is 12.0 Å². The Morgan fingerprint density at radius 3 is 2.39 bits per heavy atom. The molecule has 0 saturated heterocycles. The summed E-state index contributed by atoms with van der Waals surface area (Å²) in [5.41, 5.74) is 0.944. The molecule has 2 atom stereocenters. The van der Waals surface area contributed by atoms with Gasteiger partial charge in [-0.2, -0.15) is 4.31 Å². The lowest BCUT2D eigenvalue weighted by molar-refractivity contribution is -0.140. The number of hydrogen-bond acceptors (Lipinski definition) is 6. The van der Waals surface area contributed by atoms with E-state index in [4.69, 9.17) is 9.16 Å². The minimum Gasteiger partial charge on any atom is -0.518 e. The predicted octanol–water partition coefficient (Wildman–Crippen LogP) is 5.19. The number of hydrogen-bond donors (Lipinski definition) is 0. The number of carbonyl (C=O) groups excluding carboxylic acids is 1. The molecule has 33 heavy (non-hydrogen) atoms. The third-order valence-corrected chi connectivity index (χ3v) is 13.9. The Morgan fingerprint density at radius 2 is 1.85 bits per heavy atom. The lowest BCUT2D eigenvalue weighted by Gasteiger charge is -2.39. The van der Waals surface area contributed by atoms with Crippen molar-refractivity contribution in [2.75, 3.05) is 13.7 Å². The first kappa shape index (κ1) is 25.7. The molecule has 0 N–H and O–H groups in total.